The zero-order valence-corrected chi connectivity index (χ0v) is 16.9. The van der Waals surface area contributed by atoms with Gasteiger partial charge >= 0.3 is 5.97 Å². The van der Waals surface area contributed by atoms with Gasteiger partial charge in [0.15, 0.2) is 18.1 Å². The van der Waals surface area contributed by atoms with Gasteiger partial charge in [-0.05, 0) is 23.8 Å². The molecule has 0 amide bonds. The Morgan fingerprint density at radius 2 is 1.72 bits per heavy atom. The molecule has 9 heteroatoms. The predicted octanol–water partition coefficient (Wildman–Crippen LogP) is 3.70. The highest BCUT2D eigenvalue weighted by atomic mass is 35.5. The lowest BCUT2D eigenvalue weighted by Crippen LogP contribution is -2.08. The number of aromatic nitrogens is 2. The standard InChI is InChI=1S/C20H19ClN2O6/c1-25-15-8-13(9-16(26-2)19(15)27-3)20-23-22-17(29-20)11-28-18(24)10-12-6-4-5-7-14(12)21/h4-9H,10-11H2,1-3H3. The molecule has 29 heavy (non-hydrogen) atoms. The van der Waals surface area contributed by atoms with E-state index in [0.29, 0.717) is 33.4 Å². The highest BCUT2D eigenvalue weighted by Gasteiger charge is 2.18. The predicted molar refractivity (Wildman–Crippen MR) is 104 cm³/mol. The maximum atomic E-state index is 12.0. The molecule has 0 saturated carbocycles. The van der Waals surface area contributed by atoms with E-state index in [1.807, 2.05) is 0 Å². The van der Waals surface area contributed by atoms with Gasteiger partial charge in [0, 0.05) is 10.6 Å². The number of hydrogen-bond donors (Lipinski definition) is 0. The fraction of sp³-hybridized carbons (Fsp3) is 0.250. The van der Waals surface area contributed by atoms with Gasteiger partial charge < -0.3 is 23.4 Å². The van der Waals surface area contributed by atoms with Crippen molar-refractivity contribution in [3.8, 4) is 28.7 Å². The van der Waals surface area contributed by atoms with Crippen molar-refractivity contribution in [3.63, 3.8) is 0 Å². The number of hydrogen-bond acceptors (Lipinski definition) is 8. The molecule has 0 spiro atoms. The minimum absolute atomic E-state index is 0.0492. The Bertz CT molecular complexity index is 979. The maximum absolute atomic E-state index is 12.0. The summed E-state index contributed by atoms with van der Waals surface area (Å²) < 4.78 is 26.7. The van der Waals surface area contributed by atoms with Crippen LogP contribution in [-0.4, -0.2) is 37.5 Å². The summed E-state index contributed by atoms with van der Waals surface area (Å²) in [6, 6.07) is 10.4. The SMILES string of the molecule is COc1cc(-c2nnc(COC(=O)Cc3ccccc3Cl)o2)cc(OC)c1OC. The van der Waals surface area contributed by atoms with E-state index in [-0.39, 0.29) is 24.8 Å². The minimum Gasteiger partial charge on any atom is -0.493 e. The smallest absolute Gasteiger partial charge is 0.310 e. The largest absolute Gasteiger partial charge is 0.493 e. The number of rotatable bonds is 8. The molecule has 0 aliphatic heterocycles. The third-order valence-corrected chi connectivity index (χ3v) is 4.40. The Morgan fingerprint density at radius 1 is 1.03 bits per heavy atom. The van der Waals surface area contributed by atoms with Gasteiger partial charge in [-0.3, -0.25) is 4.79 Å². The molecule has 2 aromatic carbocycles. The molecule has 0 radical (unpaired) electrons. The van der Waals surface area contributed by atoms with Crippen LogP contribution in [0.4, 0.5) is 0 Å². The Kier molecular flexibility index (Phi) is 6.56. The van der Waals surface area contributed by atoms with Crippen LogP contribution in [0, 0.1) is 0 Å². The molecule has 0 aliphatic carbocycles. The Morgan fingerprint density at radius 3 is 2.34 bits per heavy atom. The summed E-state index contributed by atoms with van der Waals surface area (Å²) in [6.07, 6.45) is 0.0492. The van der Waals surface area contributed by atoms with Gasteiger partial charge in [0.05, 0.1) is 27.8 Å². The molecule has 8 nitrogen and oxygen atoms in total. The number of esters is 1. The van der Waals surface area contributed by atoms with Crippen LogP contribution < -0.4 is 14.2 Å². The second-order valence-corrected chi connectivity index (χ2v) is 6.25. The first kappa shape index (κ1) is 20.5. The topological polar surface area (TPSA) is 92.9 Å². The van der Waals surface area contributed by atoms with Crippen molar-refractivity contribution in [2.24, 2.45) is 0 Å². The number of methoxy groups -OCH3 is 3. The first-order valence-electron chi connectivity index (χ1n) is 8.57. The van der Waals surface area contributed by atoms with Crippen molar-refractivity contribution in [2.45, 2.75) is 13.0 Å². The van der Waals surface area contributed by atoms with E-state index in [0.717, 1.165) is 0 Å². The highest BCUT2D eigenvalue weighted by Crippen LogP contribution is 2.40. The van der Waals surface area contributed by atoms with Crippen LogP contribution in [0.15, 0.2) is 40.8 Å². The molecule has 152 valence electrons. The fourth-order valence-electron chi connectivity index (χ4n) is 2.62. The molecule has 0 aliphatic rings. The first-order valence-corrected chi connectivity index (χ1v) is 8.95. The lowest BCUT2D eigenvalue weighted by Gasteiger charge is -2.12. The average Bonchev–Trinajstić information content (AvgIpc) is 3.22. The molecule has 0 saturated heterocycles. The van der Waals surface area contributed by atoms with E-state index >= 15 is 0 Å². The quantitative estimate of drug-likeness (QED) is 0.511. The lowest BCUT2D eigenvalue weighted by molar-refractivity contribution is -0.144. The molecule has 0 atom stereocenters. The molecule has 0 fully saturated rings. The zero-order chi connectivity index (χ0) is 20.8. The maximum Gasteiger partial charge on any atom is 0.310 e. The number of halogens is 1. The van der Waals surface area contributed by atoms with Crippen LogP contribution in [0.5, 0.6) is 17.2 Å². The number of nitrogens with zero attached hydrogens (tertiary/aromatic N) is 2. The van der Waals surface area contributed by atoms with E-state index in [1.54, 1.807) is 36.4 Å². The molecule has 3 rings (SSSR count). The summed E-state index contributed by atoms with van der Waals surface area (Å²) in [5, 5.41) is 8.40. The van der Waals surface area contributed by atoms with Gasteiger partial charge in [-0.15, -0.1) is 10.2 Å². The molecule has 0 bridgehead atoms. The molecule has 3 aromatic rings. The number of carbonyl (C=O) groups excluding carboxylic acids is 1. The fourth-order valence-corrected chi connectivity index (χ4v) is 2.83. The van der Waals surface area contributed by atoms with Crippen molar-refractivity contribution in [1.29, 1.82) is 0 Å². The van der Waals surface area contributed by atoms with E-state index in [1.165, 1.54) is 21.3 Å². The van der Waals surface area contributed by atoms with Crippen LogP contribution >= 0.6 is 11.6 Å². The second kappa shape index (κ2) is 9.29. The van der Waals surface area contributed by atoms with Gasteiger partial charge in [0.1, 0.15) is 0 Å². The molecule has 0 unspecified atom stereocenters. The minimum atomic E-state index is -0.453. The van der Waals surface area contributed by atoms with Gasteiger partial charge in [-0.1, -0.05) is 29.8 Å². The number of benzene rings is 2. The summed E-state index contributed by atoms with van der Waals surface area (Å²) in [5.41, 5.74) is 1.25. The van der Waals surface area contributed by atoms with Crippen molar-refractivity contribution in [2.75, 3.05) is 21.3 Å². The Balaban J connectivity index is 1.69. The molecule has 1 aromatic heterocycles. The van der Waals surface area contributed by atoms with Gasteiger partial charge in [0.2, 0.25) is 11.6 Å². The van der Waals surface area contributed by atoms with E-state index < -0.39 is 5.97 Å². The highest BCUT2D eigenvalue weighted by molar-refractivity contribution is 6.31. The summed E-state index contributed by atoms with van der Waals surface area (Å²) in [6.45, 7) is -0.152. The third-order valence-electron chi connectivity index (χ3n) is 4.03. The lowest BCUT2D eigenvalue weighted by atomic mass is 10.1. The third kappa shape index (κ3) is 4.78. The summed E-state index contributed by atoms with van der Waals surface area (Å²) in [5.74, 6) is 1.28. The Labute approximate surface area is 172 Å². The number of carbonyl (C=O) groups is 1. The summed E-state index contributed by atoms with van der Waals surface area (Å²) in [4.78, 5) is 12.0. The van der Waals surface area contributed by atoms with Crippen molar-refractivity contribution >= 4 is 17.6 Å². The molecule has 1 heterocycles. The average molecular weight is 419 g/mol. The van der Waals surface area contributed by atoms with Gasteiger partial charge in [0.25, 0.3) is 5.89 Å². The van der Waals surface area contributed by atoms with Crippen LogP contribution in [0.2, 0.25) is 5.02 Å². The van der Waals surface area contributed by atoms with Crippen LogP contribution in [0.25, 0.3) is 11.5 Å². The van der Waals surface area contributed by atoms with Crippen LogP contribution in [0.1, 0.15) is 11.5 Å². The molecular formula is C20H19ClN2O6. The van der Waals surface area contributed by atoms with Crippen molar-refractivity contribution < 1.29 is 28.2 Å². The van der Waals surface area contributed by atoms with E-state index in [4.69, 9.17) is 35.0 Å². The monoisotopic (exact) mass is 418 g/mol. The van der Waals surface area contributed by atoms with Crippen molar-refractivity contribution in [1.82, 2.24) is 10.2 Å². The second-order valence-electron chi connectivity index (χ2n) is 5.84. The summed E-state index contributed by atoms with van der Waals surface area (Å²) in [7, 11) is 4.54. The first-order chi connectivity index (χ1) is 14.0. The van der Waals surface area contributed by atoms with Gasteiger partial charge in [-0.25, -0.2) is 0 Å². The zero-order valence-electron chi connectivity index (χ0n) is 16.1. The van der Waals surface area contributed by atoms with E-state index in [2.05, 4.69) is 10.2 Å². The molecular weight excluding hydrogens is 400 g/mol. The number of ether oxygens (including phenoxy) is 4. The normalized spacial score (nSPS) is 10.5. The van der Waals surface area contributed by atoms with Crippen LogP contribution in [-0.2, 0) is 22.6 Å². The Hall–Kier alpha value is -3.26. The van der Waals surface area contributed by atoms with E-state index in [9.17, 15) is 4.79 Å². The van der Waals surface area contributed by atoms with Gasteiger partial charge in [-0.2, -0.15) is 0 Å². The molecule has 0 N–H and O–H groups in total. The summed E-state index contributed by atoms with van der Waals surface area (Å²) >= 11 is 6.05. The van der Waals surface area contributed by atoms with Crippen LogP contribution in [0.3, 0.4) is 0 Å². The van der Waals surface area contributed by atoms with Crippen molar-refractivity contribution in [3.05, 3.63) is 52.9 Å².